The fraction of sp³-hybridized carbons (Fsp3) is 0.435. The zero-order valence-corrected chi connectivity index (χ0v) is 19.2. The summed E-state index contributed by atoms with van der Waals surface area (Å²) in [6.07, 6.45) is -3.43. The van der Waals surface area contributed by atoms with E-state index in [1.807, 2.05) is 0 Å². The van der Waals surface area contributed by atoms with Crippen LogP contribution in [0, 0.1) is 11.2 Å². The van der Waals surface area contributed by atoms with Gasteiger partial charge in [-0.25, -0.2) is 17.9 Å². The van der Waals surface area contributed by atoms with Crippen molar-refractivity contribution in [2.75, 3.05) is 6.61 Å². The van der Waals surface area contributed by atoms with Crippen molar-refractivity contribution in [2.45, 2.75) is 48.9 Å². The predicted molar refractivity (Wildman–Crippen MR) is 114 cm³/mol. The quantitative estimate of drug-likeness (QED) is 0.411. The Morgan fingerprint density at radius 1 is 1.03 bits per heavy atom. The Kier molecular flexibility index (Phi) is 5.56. The molecule has 0 spiro atoms. The maximum absolute atomic E-state index is 16.2. The van der Waals surface area contributed by atoms with E-state index in [1.54, 1.807) is 12.1 Å². The Labute approximate surface area is 205 Å². The second kappa shape index (κ2) is 8.07. The van der Waals surface area contributed by atoms with Gasteiger partial charge in [-0.15, -0.1) is 5.10 Å². The van der Waals surface area contributed by atoms with E-state index in [9.17, 15) is 22.7 Å². The minimum Gasteiger partial charge on any atom is -0.484 e. The number of alkyl halides is 5. The maximum Gasteiger partial charge on any atom is 0.422 e. The van der Waals surface area contributed by atoms with E-state index in [-0.39, 0.29) is 30.0 Å². The first kappa shape index (κ1) is 24.8. The van der Waals surface area contributed by atoms with Crippen molar-refractivity contribution >= 4 is 11.6 Å². The first-order valence-corrected chi connectivity index (χ1v) is 11.2. The summed E-state index contributed by atoms with van der Waals surface area (Å²) >= 11 is 5.79. The number of hydrogen-bond donors (Lipinski definition) is 1. The molecule has 0 radical (unpaired) electrons. The van der Waals surface area contributed by atoms with Crippen molar-refractivity contribution in [3.63, 3.8) is 0 Å². The largest absolute Gasteiger partial charge is 0.484 e. The fourth-order valence-corrected chi connectivity index (χ4v) is 5.76. The number of tetrazole rings is 1. The molecular weight excluding hydrogens is 514 g/mol. The lowest BCUT2D eigenvalue weighted by molar-refractivity contribution is -0.347. The Hall–Kier alpha value is -2.86. The van der Waals surface area contributed by atoms with Gasteiger partial charge in [0.05, 0.1) is 6.54 Å². The molecule has 1 unspecified atom stereocenters. The van der Waals surface area contributed by atoms with Gasteiger partial charge in [0.25, 0.3) is 5.92 Å². The maximum atomic E-state index is 16.2. The summed E-state index contributed by atoms with van der Waals surface area (Å²) < 4.78 is 89.9. The van der Waals surface area contributed by atoms with Crippen molar-refractivity contribution in [1.82, 2.24) is 20.2 Å². The average molecular weight is 533 g/mol. The van der Waals surface area contributed by atoms with Gasteiger partial charge in [0.1, 0.15) is 17.9 Å². The number of nitrogens with zero attached hydrogens (tertiary/aromatic N) is 4. The topological polar surface area (TPSA) is 73.1 Å². The van der Waals surface area contributed by atoms with Crippen molar-refractivity contribution in [3.8, 4) is 5.75 Å². The smallest absolute Gasteiger partial charge is 0.422 e. The summed E-state index contributed by atoms with van der Waals surface area (Å²) in [6, 6.07) is 8.93. The summed E-state index contributed by atoms with van der Waals surface area (Å²) in [5, 5.41) is 21.8. The van der Waals surface area contributed by atoms with Crippen molar-refractivity contribution in [3.05, 3.63) is 70.8 Å². The zero-order chi connectivity index (χ0) is 26.0. The molecule has 1 atom stereocenters. The molecule has 3 aromatic rings. The van der Waals surface area contributed by atoms with Crippen LogP contribution in [0.4, 0.5) is 26.3 Å². The number of aliphatic hydroxyl groups is 1. The van der Waals surface area contributed by atoms with Gasteiger partial charge in [-0.1, -0.05) is 29.8 Å². The second-order valence-electron chi connectivity index (χ2n) is 9.59. The molecule has 192 valence electrons. The molecule has 3 saturated carbocycles. The number of aromatic nitrogens is 4. The third-order valence-electron chi connectivity index (χ3n) is 7.24. The van der Waals surface area contributed by atoms with Gasteiger partial charge in [-0.05, 0) is 64.9 Å². The van der Waals surface area contributed by atoms with Crippen LogP contribution < -0.4 is 4.74 Å². The lowest BCUT2D eigenvalue weighted by Gasteiger charge is -2.74. The number of ether oxygens (including phenoxy) is 1. The molecule has 2 aromatic carbocycles. The Balaban J connectivity index is 1.39. The molecule has 6 rings (SSSR count). The molecule has 3 fully saturated rings. The van der Waals surface area contributed by atoms with Gasteiger partial charge >= 0.3 is 6.18 Å². The molecule has 6 nitrogen and oxygen atoms in total. The number of hydrogen-bond acceptors (Lipinski definition) is 5. The summed E-state index contributed by atoms with van der Waals surface area (Å²) in [6.45, 7) is -2.24. The van der Waals surface area contributed by atoms with Gasteiger partial charge in [-0.2, -0.15) is 13.2 Å². The first-order valence-electron chi connectivity index (χ1n) is 10.9. The minimum absolute atomic E-state index is 0.00286. The van der Waals surface area contributed by atoms with E-state index in [2.05, 4.69) is 15.5 Å². The minimum atomic E-state index is -4.48. The third kappa shape index (κ3) is 3.81. The van der Waals surface area contributed by atoms with E-state index < -0.39 is 53.1 Å². The summed E-state index contributed by atoms with van der Waals surface area (Å²) in [4.78, 5) is 0. The molecule has 1 aromatic heterocycles. The highest BCUT2D eigenvalue weighted by molar-refractivity contribution is 6.30. The SMILES string of the molecule is OC(Cn1cnnn1)(c1ccc(Cl)cc1F)C(F)(F)C12CC(c3ccc(OCC(F)(F)F)cc3)(C1)C2. The highest BCUT2D eigenvalue weighted by Gasteiger charge is 2.82. The van der Waals surface area contributed by atoms with Crippen LogP contribution in [0.3, 0.4) is 0 Å². The van der Waals surface area contributed by atoms with Crippen LogP contribution in [0.25, 0.3) is 0 Å². The van der Waals surface area contributed by atoms with Gasteiger partial charge in [0.2, 0.25) is 0 Å². The van der Waals surface area contributed by atoms with Crippen LogP contribution in [0.2, 0.25) is 5.02 Å². The van der Waals surface area contributed by atoms with Crippen LogP contribution in [0.1, 0.15) is 30.4 Å². The van der Waals surface area contributed by atoms with Crippen molar-refractivity contribution in [2.24, 2.45) is 5.41 Å². The van der Waals surface area contributed by atoms with Crippen LogP contribution in [-0.4, -0.2) is 44.0 Å². The van der Waals surface area contributed by atoms with E-state index >= 15 is 8.78 Å². The molecule has 1 N–H and O–H groups in total. The molecule has 3 aliphatic rings. The van der Waals surface area contributed by atoms with E-state index in [1.165, 1.54) is 18.2 Å². The first-order chi connectivity index (χ1) is 16.8. The standard InChI is InChI=1S/C23H19ClF6N4O2/c24-15-3-6-17(18(25)7-15)21(35,11-34-13-31-32-33-34)23(29,30)20-8-19(9-20,10-20)14-1-4-16(5-2-14)36-12-22(26,27)28/h1-7,13,35H,8-12H2. The highest BCUT2D eigenvalue weighted by Crippen LogP contribution is 2.80. The van der Waals surface area contributed by atoms with E-state index in [0.29, 0.717) is 5.56 Å². The van der Waals surface area contributed by atoms with E-state index in [0.717, 1.165) is 23.1 Å². The highest BCUT2D eigenvalue weighted by atomic mass is 35.5. The molecule has 0 saturated heterocycles. The van der Waals surface area contributed by atoms with Gasteiger partial charge in [-0.3, -0.25) is 0 Å². The number of halogens is 7. The Morgan fingerprint density at radius 3 is 2.25 bits per heavy atom. The van der Waals surface area contributed by atoms with Crippen LogP contribution >= 0.6 is 11.6 Å². The summed E-state index contributed by atoms with van der Waals surface area (Å²) in [7, 11) is 0. The lowest BCUT2D eigenvalue weighted by atomic mass is 9.30. The van der Waals surface area contributed by atoms with Crippen molar-refractivity contribution in [1.29, 1.82) is 0 Å². The van der Waals surface area contributed by atoms with Crippen LogP contribution in [-0.2, 0) is 17.6 Å². The van der Waals surface area contributed by atoms with Gasteiger partial charge < -0.3 is 9.84 Å². The van der Waals surface area contributed by atoms with Gasteiger partial charge in [0.15, 0.2) is 12.2 Å². The molecule has 13 heteroatoms. The molecule has 3 aliphatic carbocycles. The second-order valence-corrected chi connectivity index (χ2v) is 10.0. The Morgan fingerprint density at radius 2 is 1.69 bits per heavy atom. The molecule has 0 amide bonds. The molecule has 36 heavy (non-hydrogen) atoms. The normalized spacial score (nSPS) is 25.0. The average Bonchev–Trinajstić information content (AvgIpc) is 3.23. The lowest BCUT2D eigenvalue weighted by Crippen LogP contribution is -2.76. The molecule has 2 bridgehead atoms. The molecule has 1 heterocycles. The third-order valence-corrected chi connectivity index (χ3v) is 7.48. The summed E-state index contributed by atoms with van der Waals surface area (Å²) in [5.41, 5.74) is -5.16. The summed E-state index contributed by atoms with van der Waals surface area (Å²) in [5.74, 6) is -4.87. The van der Waals surface area contributed by atoms with Crippen molar-refractivity contribution < 1.29 is 36.2 Å². The number of rotatable bonds is 8. The predicted octanol–water partition coefficient (Wildman–Crippen LogP) is 5.05. The Bertz CT molecular complexity index is 1250. The zero-order valence-electron chi connectivity index (χ0n) is 18.4. The van der Waals surface area contributed by atoms with E-state index in [4.69, 9.17) is 16.3 Å². The van der Waals surface area contributed by atoms with Crippen LogP contribution in [0.15, 0.2) is 48.8 Å². The van der Waals surface area contributed by atoms with Gasteiger partial charge in [0, 0.05) is 16.0 Å². The monoisotopic (exact) mass is 532 g/mol. The molecule has 0 aliphatic heterocycles. The number of benzene rings is 2. The van der Waals surface area contributed by atoms with Crippen LogP contribution in [0.5, 0.6) is 5.75 Å². The fourth-order valence-electron chi connectivity index (χ4n) is 5.60. The molecular formula is C23H19ClF6N4O2.